The van der Waals surface area contributed by atoms with E-state index in [0.717, 1.165) is 17.8 Å². The van der Waals surface area contributed by atoms with E-state index in [0.29, 0.717) is 6.10 Å². The highest BCUT2D eigenvalue weighted by Gasteiger charge is 2.46. The van der Waals surface area contributed by atoms with Gasteiger partial charge in [-0.15, -0.1) is 0 Å². The molecule has 1 aliphatic heterocycles. The number of epoxide rings is 1. The van der Waals surface area contributed by atoms with Crippen molar-refractivity contribution in [3.05, 3.63) is 0 Å². The lowest BCUT2D eigenvalue weighted by Gasteiger charge is -2.14. The van der Waals surface area contributed by atoms with Gasteiger partial charge in [-0.2, -0.15) is 0 Å². The molecular weight excluding hydrogens is 244 g/mol. The first-order valence-electron chi connectivity index (χ1n) is 8.99. The van der Waals surface area contributed by atoms with Gasteiger partial charge in [0.2, 0.25) is 0 Å². The SMILES string of the molecule is CC(C)CCC[C@@H](C)CCC[C@@H](C)CCC1OC1(C)C. The molecule has 0 aromatic heterocycles. The maximum atomic E-state index is 5.66. The van der Waals surface area contributed by atoms with Crippen LogP contribution in [0.3, 0.4) is 0 Å². The number of hydrogen-bond acceptors (Lipinski definition) is 1. The van der Waals surface area contributed by atoms with Crippen molar-refractivity contribution in [1.82, 2.24) is 0 Å². The summed E-state index contributed by atoms with van der Waals surface area (Å²) in [6, 6.07) is 0. The minimum absolute atomic E-state index is 0.185. The van der Waals surface area contributed by atoms with Gasteiger partial charge in [0, 0.05) is 0 Å². The van der Waals surface area contributed by atoms with Crippen LogP contribution in [0.4, 0.5) is 0 Å². The third-order valence-corrected chi connectivity index (χ3v) is 4.96. The third-order valence-electron chi connectivity index (χ3n) is 4.96. The van der Waals surface area contributed by atoms with Gasteiger partial charge in [-0.3, -0.25) is 0 Å². The van der Waals surface area contributed by atoms with Crippen molar-refractivity contribution in [1.29, 1.82) is 0 Å². The van der Waals surface area contributed by atoms with Gasteiger partial charge < -0.3 is 4.74 Å². The zero-order valence-electron chi connectivity index (χ0n) is 14.9. The second-order valence-electron chi connectivity index (χ2n) is 8.25. The van der Waals surface area contributed by atoms with E-state index in [2.05, 4.69) is 41.5 Å². The van der Waals surface area contributed by atoms with Crippen LogP contribution in [0.25, 0.3) is 0 Å². The first-order chi connectivity index (χ1) is 9.31. The van der Waals surface area contributed by atoms with E-state index in [9.17, 15) is 0 Å². The van der Waals surface area contributed by atoms with Crippen molar-refractivity contribution < 1.29 is 4.74 Å². The van der Waals surface area contributed by atoms with E-state index in [4.69, 9.17) is 4.74 Å². The predicted molar refractivity (Wildman–Crippen MR) is 89.1 cm³/mol. The van der Waals surface area contributed by atoms with E-state index >= 15 is 0 Å². The summed E-state index contributed by atoms with van der Waals surface area (Å²) in [6.07, 6.45) is 11.6. The van der Waals surface area contributed by atoms with Gasteiger partial charge in [0.05, 0.1) is 11.7 Å². The predicted octanol–water partition coefficient (Wildman–Crippen LogP) is 6.21. The lowest BCUT2D eigenvalue weighted by Crippen LogP contribution is -2.05. The van der Waals surface area contributed by atoms with Gasteiger partial charge in [-0.25, -0.2) is 0 Å². The second-order valence-corrected chi connectivity index (χ2v) is 8.25. The third kappa shape index (κ3) is 7.67. The lowest BCUT2D eigenvalue weighted by molar-refractivity contribution is 0.311. The maximum Gasteiger partial charge on any atom is 0.0892 e. The molecule has 1 heterocycles. The highest BCUT2D eigenvalue weighted by atomic mass is 16.6. The molecule has 3 atom stereocenters. The summed E-state index contributed by atoms with van der Waals surface area (Å²) in [4.78, 5) is 0. The maximum absolute atomic E-state index is 5.66. The Balaban J connectivity index is 1.94. The van der Waals surface area contributed by atoms with Crippen molar-refractivity contribution in [2.24, 2.45) is 17.8 Å². The molecule has 0 aliphatic carbocycles. The Morgan fingerprint density at radius 1 is 0.800 bits per heavy atom. The van der Waals surface area contributed by atoms with Crippen LogP contribution in [0.15, 0.2) is 0 Å². The topological polar surface area (TPSA) is 12.5 Å². The first-order valence-corrected chi connectivity index (χ1v) is 8.99. The van der Waals surface area contributed by atoms with Crippen LogP contribution in [0.5, 0.6) is 0 Å². The van der Waals surface area contributed by atoms with Crippen LogP contribution in [-0.2, 0) is 4.74 Å². The highest BCUT2D eigenvalue weighted by molar-refractivity contribution is 4.94. The van der Waals surface area contributed by atoms with Gasteiger partial charge in [-0.1, -0.05) is 66.2 Å². The normalized spacial score (nSPS) is 23.9. The molecule has 1 rings (SSSR count). The van der Waals surface area contributed by atoms with Crippen LogP contribution in [0.1, 0.15) is 92.9 Å². The Labute approximate surface area is 127 Å². The second kappa shape index (κ2) is 8.41. The van der Waals surface area contributed by atoms with E-state index in [1.165, 1.54) is 51.4 Å². The Hall–Kier alpha value is -0.0400. The monoisotopic (exact) mass is 282 g/mol. The van der Waals surface area contributed by atoms with Crippen LogP contribution in [0, 0.1) is 17.8 Å². The van der Waals surface area contributed by atoms with Crippen molar-refractivity contribution in [2.45, 2.75) is 105 Å². The molecular formula is C19H38O. The standard InChI is InChI=1S/C19H38O/c1-15(2)9-7-10-16(3)11-8-12-17(4)13-14-18-19(5,6)20-18/h15-18H,7-14H2,1-6H3/t16-,17-,18?/m1/s1. The van der Waals surface area contributed by atoms with Crippen molar-refractivity contribution in [3.8, 4) is 0 Å². The number of rotatable bonds is 11. The van der Waals surface area contributed by atoms with E-state index in [1.807, 2.05) is 0 Å². The molecule has 1 nitrogen and oxygen atoms in total. The number of hydrogen-bond donors (Lipinski definition) is 0. The van der Waals surface area contributed by atoms with Crippen LogP contribution in [-0.4, -0.2) is 11.7 Å². The molecule has 0 radical (unpaired) electrons. The van der Waals surface area contributed by atoms with Crippen LogP contribution < -0.4 is 0 Å². The summed E-state index contributed by atoms with van der Waals surface area (Å²) in [5, 5.41) is 0. The quantitative estimate of drug-likeness (QED) is 0.410. The Morgan fingerprint density at radius 3 is 1.70 bits per heavy atom. The molecule has 0 aromatic carbocycles. The minimum atomic E-state index is 0.185. The Morgan fingerprint density at radius 2 is 1.25 bits per heavy atom. The average Bonchev–Trinajstić information content (AvgIpc) is 2.94. The highest BCUT2D eigenvalue weighted by Crippen LogP contribution is 2.39. The summed E-state index contributed by atoms with van der Waals surface area (Å²) >= 11 is 0. The van der Waals surface area contributed by atoms with E-state index in [-0.39, 0.29) is 5.60 Å². The van der Waals surface area contributed by atoms with Gasteiger partial charge in [0.1, 0.15) is 0 Å². The average molecular weight is 283 g/mol. The molecule has 20 heavy (non-hydrogen) atoms. The Kier molecular flexibility index (Phi) is 7.58. The molecule has 1 unspecified atom stereocenters. The molecule has 0 bridgehead atoms. The molecule has 0 saturated carbocycles. The van der Waals surface area contributed by atoms with E-state index < -0.39 is 0 Å². The zero-order valence-corrected chi connectivity index (χ0v) is 14.9. The molecule has 120 valence electrons. The molecule has 0 aromatic rings. The van der Waals surface area contributed by atoms with E-state index in [1.54, 1.807) is 0 Å². The molecule has 0 N–H and O–H groups in total. The Bertz CT molecular complexity index is 256. The van der Waals surface area contributed by atoms with Gasteiger partial charge >= 0.3 is 0 Å². The number of ether oxygens (including phenoxy) is 1. The molecule has 1 aliphatic rings. The first kappa shape index (κ1) is 18.0. The van der Waals surface area contributed by atoms with Gasteiger partial charge in [0.15, 0.2) is 0 Å². The largest absolute Gasteiger partial charge is 0.367 e. The van der Waals surface area contributed by atoms with Gasteiger partial charge in [-0.05, 0) is 44.4 Å². The summed E-state index contributed by atoms with van der Waals surface area (Å²) in [5.74, 6) is 2.67. The summed E-state index contributed by atoms with van der Waals surface area (Å²) in [7, 11) is 0. The van der Waals surface area contributed by atoms with Crippen molar-refractivity contribution in [2.75, 3.05) is 0 Å². The lowest BCUT2D eigenvalue weighted by atomic mass is 9.91. The zero-order chi connectivity index (χ0) is 15.2. The fourth-order valence-electron chi connectivity index (χ4n) is 3.15. The molecule has 1 saturated heterocycles. The van der Waals surface area contributed by atoms with Crippen molar-refractivity contribution in [3.63, 3.8) is 0 Å². The van der Waals surface area contributed by atoms with Crippen LogP contribution in [0.2, 0.25) is 0 Å². The summed E-state index contributed by atoms with van der Waals surface area (Å²) < 4.78 is 5.66. The summed E-state index contributed by atoms with van der Waals surface area (Å²) in [6.45, 7) is 13.9. The smallest absolute Gasteiger partial charge is 0.0892 e. The molecule has 1 fully saturated rings. The minimum Gasteiger partial charge on any atom is -0.367 e. The molecule has 0 spiro atoms. The fraction of sp³-hybridized carbons (Fsp3) is 1.00. The molecule has 1 heteroatoms. The van der Waals surface area contributed by atoms with Crippen molar-refractivity contribution >= 4 is 0 Å². The van der Waals surface area contributed by atoms with Gasteiger partial charge in [0.25, 0.3) is 0 Å². The van der Waals surface area contributed by atoms with Crippen LogP contribution >= 0.6 is 0 Å². The summed E-state index contributed by atoms with van der Waals surface area (Å²) in [5.41, 5.74) is 0.185. The molecule has 0 amide bonds. The fourth-order valence-corrected chi connectivity index (χ4v) is 3.15.